The first-order valence-electron chi connectivity index (χ1n) is 8.07. The van der Waals surface area contributed by atoms with Gasteiger partial charge in [-0.1, -0.05) is 29.8 Å². The molecule has 1 heterocycles. The van der Waals surface area contributed by atoms with E-state index in [0.717, 1.165) is 11.3 Å². The molecule has 8 heteroatoms. The Morgan fingerprint density at radius 3 is 2.74 bits per heavy atom. The fourth-order valence-corrected chi connectivity index (χ4v) is 3.27. The highest BCUT2D eigenvalue weighted by Gasteiger charge is 2.13. The van der Waals surface area contributed by atoms with Crippen molar-refractivity contribution in [1.82, 2.24) is 10.3 Å². The second-order valence-corrected chi connectivity index (χ2v) is 6.77. The van der Waals surface area contributed by atoms with Gasteiger partial charge in [0, 0.05) is 23.0 Å². The van der Waals surface area contributed by atoms with Gasteiger partial charge in [0.2, 0.25) is 0 Å². The zero-order chi connectivity index (χ0) is 19.2. The van der Waals surface area contributed by atoms with Gasteiger partial charge in [0.05, 0.1) is 19.9 Å². The van der Waals surface area contributed by atoms with Crippen molar-refractivity contribution in [3.8, 4) is 11.5 Å². The second kappa shape index (κ2) is 8.75. The largest absolute Gasteiger partial charge is 0.497 e. The van der Waals surface area contributed by atoms with Crippen LogP contribution in [0.2, 0.25) is 5.02 Å². The van der Waals surface area contributed by atoms with E-state index in [1.54, 1.807) is 31.7 Å². The van der Waals surface area contributed by atoms with Crippen molar-refractivity contribution in [1.29, 1.82) is 0 Å². The van der Waals surface area contributed by atoms with Gasteiger partial charge in [-0.05, 0) is 23.8 Å². The number of anilines is 2. The third-order valence-electron chi connectivity index (χ3n) is 3.78. The Labute approximate surface area is 166 Å². The lowest BCUT2D eigenvalue weighted by Gasteiger charge is -2.10. The third kappa shape index (κ3) is 4.69. The summed E-state index contributed by atoms with van der Waals surface area (Å²) in [7, 11) is 3.17. The van der Waals surface area contributed by atoms with E-state index in [4.69, 9.17) is 21.1 Å². The number of nitrogens with zero attached hydrogens (tertiary/aromatic N) is 1. The number of benzene rings is 2. The molecule has 6 nitrogen and oxygen atoms in total. The average molecular weight is 404 g/mol. The number of carbonyl (C=O) groups is 1. The van der Waals surface area contributed by atoms with Crippen molar-refractivity contribution in [3.63, 3.8) is 0 Å². The molecule has 0 atom stereocenters. The van der Waals surface area contributed by atoms with E-state index in [1.165, 1.54) is 11.3 Å². The lowest BCUT2D eigenvalue weighted by molar-refractivity contribution is 0.0946. The Kier molecular flexibility index (Phi) is 6.16. The number of rotatable bonds is 7. The maximum absolute atomic E-state index is 12.3. The molecule has 0 bridgehead atoms. The summed E-state index contributed by atoms with van der Waals surface area (Å²) in [6.07, 6.45) is 0. The molecule has 1 aromatic heterocycles. The fourth-order valence-electron chi connectivity index (χ4n) is 2.36. The summed E-state index contributed by atoms with van der Waals surface area (Å²) in [4.78, 5) is 16.7. The van der Waals surface area contributed by atoms with Crippen LogP contribution < -0.4 is 20.1 Å². The number of amides is 1. The Morgan fingerprint density at radius 2 is 2.00 bits per heavy atom. The van der Waals surface area contributed by atoms with Crippen molar-refractivity contribution < 1.29 is 14.3 Å². The van der Waals surface area contributed by atoms with Gasteiger partial charge in [-0.25, -0.2) is 4.98 Å². The van der Waals surface area contributed by atoms with Crippen LogP contribution in [-0.4, -0.2) is 25.1 Å². The summed E-state index contributed by atoms with van der Waals surface area (Å²) in [6.45, 7) is 0.338. The van der Waals surface area contributed by atoms with Crippen molar-refractivity contribution in [2.24, 2.45) is 0 Å². The fraction of sp³-hybridized carbons (Fsp3) is 0.158. The molecule has 0 saturated heterocycles. The zero-order valence-electron chi connectivity index (χ0n) is 14.8. The standard InChI is InChI=1S/C19H18ClN3O3S/c1-25-13-7-8-15(17(9-13)26-2)22-19-23-16(11-27-19)18(24)21-10-12-5-3-4-6-14(12)20/h3-9,11H,10H2,1-2H3,(H,21,24)(H,22,23). The van der Waals surface area contributed by atoms with Crippen LogP contribution in [-0.2, 0) is 6.54 Å². The number of ether oxygens (including phenoxy) is 2. The highest BCUT2D eigenvalue weighted by atomic mass is 35.5. The van der Waals surface area contributed by atoms with E-state index in [1.807, 2.05) is 30.3 Å². The summed E-state index contributed by atoms with van der Waals surface area (Å²) in [5, 5.41) is 8.88. The quantitative estimate of drug-likeness (QED) is 0.608. The Morgan fingerprint density at radius 1 is 1.19 bits per heavy atom. The number of hydrogen-bond acceptors (Lipinski definition) is 6. The molecular formula is C19H18ClN3O3S. The summed E-state index contributed by atoms with van der Waals surface area (Å²) in [5.41, 5.74) is 1.92. The molecule has 2 N–H and O–H groups in total. The number of methoxy groups -OCH3 is 2. The molecule has 27 heavy (non-hydrogen) atoms. The van der Waals surface area contributed by atoms with E-state index in [0.29, 0.717) is 33.9 Å². The molecule has 1 amide bonds. The molecule has 0 radical (unpaired) electrons. The summed E-state index contributed by atoms with van der Waals surface area (Å²) in [5.74, 6) is 1.05. The number of nitrogens with one attached hydrogen (secondary N) is 2. The topological polar surface area (TPSA) is 72.5 Å². The lowest BCUT2D eigenvalue weighted by Crippen LogP contribution is -2.23. The van der Waals surface area contributed by atoms with Crippen LogP contribution >= 0.6 is 22.9 Å². The van der Waals surface area contributed by atoms with Crippen LogP contribution in [0.5, 0.6) is 11.5 Å². The van der Waals surface area contributed by atoms with Crippen LogP contribution in [0.1, 0.15) is 16.1 Å². The molecule has 0 saturated carbocycles. The second-order valence-electron chi connectivity index (χ2n) is 5.50. The predicted octanol–water partition coefficient (Wildman–Crippen LogP) is 4.49. The van der Waals surface area contributed by atoms with Crippen LogP contribution in [0, 0.1) is 0 Å². The number of aromatic nitrogens is 1. The van der Waals surface area contributed by atoms with Gasteiger partial charge in [0.25, 0.3) is 5.91 Å². The Hall–Kier alpha value is -2.77. The summed E-state index contributed by atoms with van der Waals surface area (Å²) in [6, 6.07) is 12.8. The molecule has 3 rings (SSSR count). The van der Waals surface area contributed by atoms with E-state index in [2.05, 4.69) is 15.6 Å². The maximum atomic E-state index is 12.3. The number of thiazole rings is 1. The van der Waals surface area contributed by atoms with Gasteiger partial charge < -0.3 is 20.1 Å². The summed E-state index contributed by atoms with van der Waals surface area (Å²) >= 11 is 7.43. The number of carbonyl (C=O) groups excluding carboxylic acids is 1. The van der Waals surface area contributed by atoms with Crippen molar-refractivity contribution in [2.45, 2.75) is 6.54 Å². The van der Waals surface area contributed by atoms with E-state index < -0.39 is 0 Å². The molecule has 140 valence electrons. The van der Waals surface area contributed by atoms with Crippen molar-refractivity contribution in [2.75, 3.05) is 19.5 Å². The molecular weight excluding hydrogens is 386 g/mol. The van der Waals surface area contributed by atoms with Gasteiger partial charge in [0.1, 0.15) is 17.2 Å². The monoisotopic (exact) mass is 403 g/mol. The van der Waals surface area contributed by atoms with Crippen molar-refractivity contribution in [3.05, 3.63) is 64.1 Å². The number of hydrogen-bond donors (Lipinski definition) is 2. The Bertz CT molecular complexity index is 945. The molecule has 0 aliphatic heterocycles. The average Bonchev–Trinajstić information content (AvgIpc) is 3.16. The first-order valence-corrected chi connectivity index (χ1v) is 9.32. The highest BCUT2D eigenvalue weighted by molar-refractivity contribution is 7.14. The zero-order valence-corrected chi connectivity index (χ0v) is 16.4. The molecule has 0 aliphatic carbocycles. The molecule has 0 unspecified atom stereocenters. The predicted molar refractivity (Wildman–Crippen MR) is 108 cm³/mol. The first-order chi connectivity index (χ1) is 13.1. The SMILES string of the molecule is COc1ccc(Nc2nc(C(=O)NCc3ccccc3Cl)cs2)c(OC)c1. The molecule has 3 aromatic rings. The normalized spacial score (nSPS) is 10.3. The lowest BCUT2D eigenvalue weighted by atomic mass is 10.2. The minimum Gasteiger partial charge on any atom is -0.497 e. The minimum absolute atomic E-state index is 0.263. The van der Waals surface area contributed by atoms with Gasteiger partial charge in [-0.2, -0.15) is 0 Å². The minimum atomic E-state index is -0.263. The van der Waals surface area contributed by atoms with Gasteiger partial charge in [0.15, 0.2) is 5.13 Å². The van der Waals surface area contributed by atoms with Gasteiger partial charge in [-0.3, -0.25) is 4.79 Å². The Balaban J connectivity index is 1.66. The molecule has 0 spiro atoms. The van der Waals surface area contributed by atoms with Crippen LogP contribution in [0.3, 0.4) is 0 Å². The van der Waals surface area contributed by atoms with Gasteiger partial charge >= 0.3 is 0 Å². The highest BCUT2D eigenvalue weighted by Crippen LogP contribution is 2.32. The van der Waals surface area contributed by atoms with Crippen LogP contribution in [0.25, 0.3) is 0 Å². The first kappa shape index (κ1) is 19.0. The van der Waals surface area contributed by atoms with Crippen LogP contribution in [0.15, 0.2) is 47.8 Å². The molecule has 0 aliphatic rings. The third-order valence-corrected chi connectivity index (χ3v) is 4.91. The van der Waals surface area contributed by atoms with Crippen LogP contribution in [0.4, 0.5) is 10.8 Å². The smallest absolute Gasteiger partial charge is 0.271 e. The van der Waals surface area contributed by atoms with E-state index >= 15 is 0 Å². The van der Waals surface area contributed by atoms with Gasteiger partial charge in [-0.15, -0.1) is 11.3 Å². The van der Waals surface area contributed by atoms with E-state index in [-0.39, 0.29) is 5.91 Å². The number of halogens is 1. The van der Waals surface area contributed by atoms with E-state index in [9.17, 15) is 4.79 Å². The summed E-state index contributed by atoms with van der Waals surface area (Å²) < 4.78 is 10.5. The van der Waals surface area contributed by atoms with Crippen molar-refractivity contribution >= 4 is 39.7 Å². The molecule has 0 fully saturated rings. The maximum Gasteiger partial charge on any atom is 0.271 e. The molecule has 2 aromatic carbocycles.